The molecule has 2 N–H and O–H groups in total. The first kappa shape index (κ1) is 15.1. The molecule has 1 unspecified atom stereocenters. The number of benzene rings is 2. The lowest BCUT2D eigenvalue weighted by Gasteiger charge is -2.13. The summed E-state index contributed by atoms with van der Waals surface area (Å²) in [5.74, 6) is 0. The molecule has 0 aliphatic carbocycles. The van der Waals surface area contributed by atoms with Gasteiger partial charge in [0.05, 0.1) is 17.7 Å². The molecule has 0 amide bonds. The average molecular weight is 280 g/mol. The van der Waals surface area contributed by atoms with Crippen LogP contribution in [-0.4, -0.2) is 11.7 Å². The molecule has 0 fully saturated rings. The van der Waals surface area contributed by atoms with Crippen LogP contribution >= 0.6 is 0 Å². The van der Waals surface area contributed by atoms with Gasteiger partial charge in [0, 0.05) is 12.2 Å². The molecule has 2 rings (SSSR count). The minimum Gasteiger partial charge on any atom is -0.387 e. The van der Waals surface area contributed by atoms with E-state index in [4.69, 9.17) is 5.26 Å². The number of hydrogen-bond donors (Lipinski definition) is 2. The molecule has 0 bridgehead atoms. The highest BCUT2D eigenvalue weighted by atomic mass is 16.3. The molecule has 0 aromatic heterocycles. The minimum atomic E-state index is -0.590. The van der Waals surface area contributed by atoms with Crippen LogP contribution in [0.15, 0.2) is 48.5 Å². The number of anilines is 1. The number of nitrogens with one attached hydrogen (secondary N) is 1. The number of aryl methyl sites for hydroxylation is 1. The zero-order valence-corrected chi connectivity index (χ0v) is 12.2. The second-order valence-corrected chi connectivity index (χ2v) is 5.08. The fourth-order valence-corrected chi connectivity index (χ4v) is 2.19. The van der Waals surface area contributed by atoms with Crippen molar-refractivity contribution < 1.29 is 5.11 Å². The Labute approximate surface area is 125 Å². The normalized spacial score (nSPS) is 11.7. The van der Waals surface area contributed by atoms with Gasteiger partial charge in [-0.25, -0.2) is 0 Å². The van der Waals surface area contributed by atoms with Gasteiger partial charge in [-0.05, 0) is 41.8 Å². The fourth-order valence-electron chi connectivity index (χ4n) is 2.19. The predicted octanol–water partition coefficient (Wildman–Crippen LogP) is 3.66. The molecular formula is C18H20N2O. The van der Waals surface area contributed by atoms with Crippen LogP contribution in [0.1, 0.15) is 36.1 Å². The van der Waals surface area contributed by atoms with Crippen molar-refractivity contribution in [2.75, 3.05) is 11.9 Å². The highest BCUT2D eigenvalue weighted by Crippen LogP contribution is 2.16. The van der Waals surface area contributed by atoms with Crippen molar-refractivity contribution >= 4 is 5.69 Å². The average Bonchev–Trinajstić information content (AvgIpc) is 2.54. The van der Waals surface area contributed by atoms with E-state index in [1.807, 2.05) is 12.1 Å². The third-order valence-corrected chi connectivity index (χ3v) is 3.42. The summed E-state index contributed by atoms with van der Waals surface area (Å²) < 4.78 is 0. The van der Waals surface area contributed by atoms with Crippen LogP contribution in [0.3, 0.4) is 0 Å². The van der Waals surface area contributed by atoms with Crippen LogP contribution in [0.2, 0.25) is 0 Å². The Morgan fingerprint density at radius 2 is 1.76 bits per heavy atom. The Morgan fingerprint density at radius 3 is 2.33 bits per heavy atom. The Kier molecular flexibility index (Phi) is 5.36. The lowest BCUT2D eigenvalue weighted by atomic mass is 10.1. The minimum absolute atomic E-state index is 0.443. The maximum atomic E-state index is 10.1. The number of nitrogens with zero attached hydrogens (tertiary/aromatic N) is 1. The Morgan fingerprint density at radius 1 is 1.10 bits per heavy atom. The summed E-state index contributed by atoms with van der Waals surface area (Å²) >= 11 is 0. The van der Waals surface area contributed by atoms with Crippen molar-refractivity contribution in [3.05, 3.63) is 65.2 Å². The molecule has 0 saturated heterocycles. The molecule has 0 heterocycles. The number of aliphatic hydroxyl groups excluding tert-OH is 1. The van der Waals surface area contributed by atoms with Gasteiger partial charge in [0.2, 0.25) is 0 Å². The maximum absolute atomic E-state index is 10.1. The van der Waals surface area contributed by atoms with Gasteiger partial charge >= 0.3 is 0 Å². The van der Waals surface area contributed by atoms with Gasteiger partial charge in [-0.15, -0.1) is 0 Å². The molecule has 2 aromatic rings. The lowest BCUT2D eigenvalue weighted by Crippen LogP contribution is -2.12. The highest BCUT2D eigenvalue weighted by molar-refractivity contribution is 5.45. The van der Waals surface area contributed by atoms with Gasteiger partial charge < -0.3 is 10.4 Å². The Bertz CT molecular complexity index is 597. The fraction of sp³-hybridized carbons (Fsp3) is 0.278. The molecular weight excluding hydrogens is 260 g/mol. The molecule has 108 valence electrons. The summed E-state index contributed by atoms with van der Waals surface area (Å²) in [6.45, 7) is 2.61. The standard InChI is InChI=1S/C18H20N2O/c1-2-3-14-6-10-17(11-7-14)20-13-18(21)16-8-4-15(12-19)5-9-16/h4-11,18,20-21H,2-3,13H2,1H3. The number of rotatable bonds is 6. The van der Waals surface area contributed by atoms with E-state index in [0.717, 1.165) is 24.1 Å². The monoisotopic (exact) mass is 280 g/mol. The molecule has 0 radical (unpaired) electrons. The van der Waals surface area contributed by atoms with Crippen molar-refractivity contribution in [3.8, 4) is 6.07 Å². The molecule has 0 aliphatic rings. The number of hydrogen-bond acceptors (Lipinski definition) is 3. The van der Waals surface area contributed by atoms with E-state index in [1.54, 1.807) is 24.3 Å². The van der Waals surface area contributed by atoms with Crippen LogP contribution in [0.4, 0.5) is 5.69 Å². The SMILES string of the molecule is CCCc1ccc(NCC(O)c2ccc(C#N)cc2)cc1. The third kappa shape index (κ3) is 4.34. The van der Waals surface area contributed by atoms with Crippen LogP contribution in [0.25, 0.3) is 0 Å². The molecule has 0 aliphatic heterocycles. The molecule has 0 saturated carbocycles. The van der Waals surface area contributed by atoms with E-state index in [0.29, 0.717) is 12.1 Å². The van der Waals surface area contributed by atoms with E-state index in [2.05, 4.69) is 30.4 Å². The lowest BCUT2D eigenvalue weighted by molar-refractivity contribution is 0.191. The topological polar surface area (TPSA) is 56.0 Å². The highest BCUT2D eigenvalue weighted by Gasteiger charge is 2.07. The second-order valence-electron chi connectivity index (χ2n) is 5.08. The van der Waals surface area contributed by atoms with Crippen LogP contribution in [-0.2, 0) is 6.42 Å². The van der Waals surface area contributed by atoms with Gasteiger partial charge in [0.15, 0.2) is 0 Å². The molecule has 3 heteroatoms. The van der Waals surface area contributed by atoms with Crippen molar-refractivity contribution in [2.45, 2.75) is 25.9 Å². The maximum Gasteiger partial charge on any atom is 0.0991 e. The van der Waals surface area contributed by atoms with Crippen LogP contribution < -0.4 is 5.32 Å². The van der Waals surface area contributed by atoms with E-state index >= 15 is 0 Å². The van der Waals surface area contributed by atoms with E-state index in [1.165, 1.54) is 5.56 Å². The molecule has 1 atom stereocenters. The molecule has 0 spiro atoms. The second kappa shape index (κ2) is 7.47. The molecule has 21 heavy (non-hydrogen) atoms. The summed E-state index contributed by atoms with van der Waals surface area (Å²) in [6, 6.07) is 17.4. The van der Waals surface area contributed by atoms with Crippen LogP contribution in [0, 0.1) is 11.3 Å². The quantitative estimate of drug-likeness (QED) is 0.849. The summed E-state index contributed by atoms with van der Waals surface area (Å²) in [7, 11) is 0. The van der Waals surface area contributed by atoms with Crippen LogP contribution in [0.5, 0.6) is 0 Å². The largest absolute Gasteiger partial charge is 0.387 e. The van der Waals surface area contributed by atoms with Gasteiger partial charge in [-0.3, -0.25) is 0 Å². The number of nitriles is 1. The van der Waals surface area contributed by atoms with Gasteiger partial charge in [-0.2, -0.15) is 5.26 Å². The first-order valence-corrected chi connectivity index (χ1v) is 7.24. The van der Waals surface area contributed by atoms with Gasteiger partial charge in [-0.1, -0.05) is 37.6 Å². The third-order valence-electron chi connectivity index (χ3n) is 3.42. The summed E-state index contributed by atoms with van der Waals surface area (Å²) in [5, 5.41) is 22.1. The molecule has 2 aromatic carbocycles. The van der Waals surface area contributed by atoms with Crippen molar-refractivity contribution in [3.63, 3.8) is 0 Å². The number of aliphatic hydroxyl groups is 1. The van der Waals surface area contributed by atoms with Gasteiger partial charge in [0.25, 0.3) is 0 Å². The zero-order chi connectivity index (χ0) is 15.1. The first-order chi connectivity index (χ1) is 10.2. The first-order valence-electron chi connectivity index (χ1n) is 7.24. The molecule has 3 nitrogen and oxygen atoms in total. The Balaban J connectivity index is 1.90. The predicted molar refractivity (Wildman–Crippen MR) is 85.0 cm³/mol. The summed E-state index contributed by atoms with van der Waals surface area (Å²) in [5.41, 5.74) is 3.74. The summed E-state index contributed by atoms with van der Waals surface area (Å²) in [4.78, 5) is 0. The zero-order valence-electron chi connectivity index (χ0n) is 12.2. The van der Waals surface area contributed by atoms with Crippen molar-refractivity contribution in [1.82, 2.24) is 0 Å². The van der Waals surface area contributed by atoms with Crippen molar-refractivity contribution in [2.24, 2.45) is 0 Å². The smallest absolute Gasteiger partial charge is 0.0991 e. The van der Waals surface area contributed by atoms with E-state index < -0.39 is 6.10 Å². The Hall–Kier alpha value is -2.31. The van der Waals surface area contributed by atoms with Crippen molar-refractivity contribution in [1.29, 1.82) is 5.26 Å². The van der Waals surface area contributed by atoms with E-state index in [9.17, 15) is 5.11 Å². The summed E-state index contributed by atoms with van der Waals surface area (Å²) in [6.07, 6.45) is 1.64. The van der Waals surface area contributed by atoms with E-state index in [-0.39, 0.29) is 0 Å². The van der Waals surface area contributed by atoms with Gasteiger partial charge in [0.1, 0.15) is 0 Å².